The van der Waals surface area contributed by atoms with E-state index in [1.54, 1.807) is 63.4 Å². The Hall–Kier alpha value is -2.66. The normalized spacial score (nSPS) is 17.6. The Labute approximate surface area is 163 Å². The fourth-order valence-electron chi connectivity index (χ4n) is 3.20. The molecule has 1 aromatic carbocycles. The number of pyridine rings is 1. The maximum atomic E-state index is 13.1. The molecule has 0 radical (unpaired) electrons. The van der Waals surface area contributed by atoms with Crippen LogP contribution in [-0.4, -0.2) is 21.8 Å². The van der Waals surface area contributed by atoms with Crippen LogP contribution in [0.4, 0.5) is 5.69 Å². The van der Waals surface area contributed by atoms with Crippen LogP contribution in [-0.2, 0) is 9.59 Å². The number of rotatable bonds is 3. The maximum Gasteiger partial charge on any atom is 0.294 e. The van der Waals surface area contributed by atoms with Crippen LogP contribution < -0.4 is 4.90 Å². The van der Waals surface area contributed by atoms with Crippen LogP contribution in [0.15, 0.2) is 53.9 Å². The van der Waals surface area contributed by atoms with Gasteiger partial charge in [-0.25, -0.2) is 0 Å². The van der Waals surface area contributed by atoms with Crippen molar-refractivity contribution in [1.82, 2.24) is 4.98 Å². The number of ketones is 1. The van der Waals surface area contributed by atoms with Crippen molar-refractivity contribution in [1.29, 1.82) is 0 Å². The fraction of sp³-hybridized carbons (Fsp3) is 0.286. The first-order valence-corrected chi connectivity index (χ1v) is 8.99. The van der Waals surface area contributed by atoms with Gasteiger partial charge in [-0.15, -0.1) is 0 Å². The van der Waals surface area contributed by atoms with Gasteiger partial charge in [-0.2, -0.15) is 0 Å². The lowest BCUT2D eigenvalue weighted by Gasteiger charge is -2.29. The van der Waals surface area contributed by atoms with Gasteiger partial charge in [-0.05, 0) is 42.8 Å². The van der Waals surface area contributed by atoms with Crippen molar-refractivity contribution in [2.24, 2.45) is 5.41 Å². The number of anilines is 1. The minimum atomic E-state index is -0.801. The van der Waals surface area contributed by atoms with Crippen LogP contribution in [0.1, 0.15) is 38.1 Å². The number of carbonyl (C=O) groups is 2. The van der Waals surface area contributed by atoms with Crippen molar-refractivity contribution < 1.29 is 14.7 Å². The van der Waals surface area contributed by atoms with Crippen LogP contribution >= 0.6 is 11.6 Å². The van der Waals surface area contributed by atoms with Gasteiger partial charge >= 0.3 is 0 Å². The first-order valence-electron chi connectivity index (χ1n) is 8.61. The third-order valence-corrected chi connectivity index (χ3v) is 4.76. The summed E-state index contributed by atoms with van der Waals surface area (Å²) in [5, 5.41) is 11.2. The molecule has 2 aromatic rings. The number of amides is 1. The Morgan fingerprint density at radius 2 is 1.93 bits per heavy atom. The number of halogens is 1. The minimum Gasteiger partial charge on any atom is -0.503 e. The summed E-state index contributed by atoms with van der Waals surface area (Å²) in [6.07, 6.45) is 1.60. The number of aliphatic hydroxyl groups is 1. The van der Waals surface area contributed by atoms with E-state index in [2.05, 4.69) is 4.98 Å². The molecule has 1 unspecified atom stereocenters. The van der Waals surface area contributed by atoms with E-state index in [1.807, 2.05) is 6.92 Å². The second kappa shape index (κ2) is 6.82. The average Bonchev–Trinajstić information content (AvgIpc) is 2.86. The van der Waals surface area contributed by atoms with Crippen molar-refractivity contribution in [3.05, 3.63) is 70.2 Å². The smallest absolute Gasteiger partial charge is 0.294 e. The number of benzene rings is 1. The van der Waals surface area contributed by atoms with E-state index in [9.17, 15) is 14.7 Å². The molecule has 0 aliphatic carbocycles. The number of aryl methyl sites for hydroxylation is 1. The monoisotopic (exact) mass is 384 g/mol. The highest BCUT2D eigenvalue weighted by molar-refractivity contribution is 6.30. The molecular formula is C21H21ClN2O3. The summed E-state index contributed by atoms with van der Waals surface area (Å²) in [6.45, 7) is 7.09. The molecule has 1 aliphatic heterocycles. The molecule has 0 saturated heterocycles. The number of nitrogens with zero attached hydrogens (tertiary/aromatic N) is 2. The molecular weight excluding hydrogens is 364 g/mol. The second-order valence-corrected chi connectivity index (χ2v) is 8.04. The summed E-state index contributed by atoms with van der Waals surface area (Å²) < 4.78 is 0. The third kappa shape index (κ3) is 3.35. The standard InChI is InChI=1S/C21H21ClN2O3/c1-12-11-13(22)8-9-15(12)24-17(14-7-5-6-10-23-14)16(18(25)20(24)27)19(26)21(2,3)4/h5-11,17,25H,1-4H3. The molecule has 2 heterocycles. The first-order chi connectivity index (χ1) is 12.6. The Morgan fingerprint density at radius 1 is 1.22 bits per heavy atom. The zero-order valence-corrected chi connectivity index (χ0v) is 16.4. The molecule has 1 N–H and O–H groups in total. The molecule has 1 atom stereocenters. The van der Waals surface area contributed by atoms with Crippen molar-refractivity contribution in [3.63, 3.8) is 0 Å². The van der Waals surface area contributed by atoms with Gasteiger partial charge in [0.15, 0.2) is 11.5 Å². The SMILES string of the molecule is Cc1cc(Cl)ccc1N1C(=O)C(O)=C(C(=O)C(C)(C)C)C1c1ccccn1. The number of aliphatic hydroxyl groups excluding tert-OH is 1. The summed E-state index contributed by atoms with van der Waals surface area (Å²) in [5.74, 6) is -1.44. The molecule has 3 rings (SSSR count). The predicted molar refractivity (Wildman–Crippen MR) is 105 cm³/mol. The molecule has 1 aromatic heterocycles. The van der Waals surface area contributed by atoms with Gasteiger partial charge in [0.1, 0.15) is 6.04 Å². The van der Waals surface area contributed by atoms with Crippen LogP contribution in [0.2, 0.25) is 5.02 Å². The molecule has 0 spiro atoms. The summed E-state index contributed by atoms with van der Waals surface area (Å²) in [4.78, 5) is 31.8. The van der Waals surface area contributed by atoms with Crippen molar-refractivity contribution in [3.8, 4) is 0 Å². The van der Waals surface area contributed by atoms with Crippen LogP contribution in [0.25, 0.3) is 0 Å². The Morgan fingerprint density at radius 3 is 2.48 bits per heavy atom. The van der Waals surface area contributed by atoms with E-state index >= 15 is 0 Å². The molecule has 0 fully saturated rings. The zero-order chi connectivity index (χ0) is 19.9. The average molecular weight is 385 g/mol. The summed E-state index contributed by atoms with van der Waals surface area (Å²) >= 11 is 6.05. The quantitative estimate of drug-likeness (QED) is 0.842. The first kappa shape index (κ1) is 19.1. The van der Waals surface area contributed by atoms with Crippen LogP contribution in [0.3, 0.4) is 0 Å². The summed E-state index contributed by atoms with van der Waals surface area (Å²) in [7, 11) is 0. The molecule has 1 aliphatic rings. The molecule has 27 heavy (non-hydrogen) atoms. The lowest BCUT2D eigenvalue weighted by molar-refractivity contribution is -0.123. The van der Waals surface area contributed by atoms with Crippen LogP contribution in [0.5, 0.6) is 0 Å². The predicted octanol–water partition coefficient (Wildman–Crippen LogP) is 4.56. The topological polar surface area (TPSA) is 70.5 Å². The van der Waals surface area contributed by atoms with E-state index < -0.39 is 23.1 Å². The fourth-order valence-corrected chi connectivity index (χ4v) is 3.42. The number of hydrogen-bond acceptors (Lipinski definition) is 4. The maximum absolute atomic E-state index is 13.1. The van der Waals surface area contributed by atoms with E-state index in [0.717, 1.165) is 5.56 Å². The van der Waals surface area contributed by atoms with E-state index in [4.69, 9.17) is 11.6 Å². The van der Waals surface area contributed by atoms with E-state index in [1.165, 1.54) is 4.90 Å². The lowest BCUT2D eigenvalue weighted by atomic mass is 9.83. The molecule has 1 amide bonds. The van der Waals surface area contributed by atoms with Gasteiger partial charge in [0.25, 0.3) is 5.91 Å². The molecule has 5 nitrogen and oxygen atoms in total. The molecule has 140 valence electrons. The highest BCUT2D eigenvalue weighted by atomic mass is 35.5. The van der Waals surface area contributed by atoms with E-state index in [-0.39, 0.29) is 11.4 Å². The van der Waals surface area contributed by atoms with Crippen molar-refractivity contribution in [2.45, 2.75) is 33.7 Å². The van der Waals surface area contributed by atoms with Crippen molar-refractivity contribution >= 4 is 29.0 Å². The van der Waals surface area contributed by atoms with Gasteiger partial charge in [0, 0.05) is 22.3 Å². The van der Waals surface area contributed by atoms with Gasteiger partial charge in [-0.3, -0.25) is 19.5 Å². The summed E-state index contributed by atoms with van der Waals surface area (Å²) in [6, 6.07) is 9.60. The highest BCUT2D eigenvalue weighted by Gasteiger charge is 2.47. The Balaban J connectivity index is 2.23. The van der Waals surface area contributed by atoms with Gasteiger partial charge < -0.3 is 5.11 Å². The minimum absolute atomic E-state index is 0.0700. The Kier molecular flexibility index (Phi) is 4.82. The van der Waals surface area contributed by atoms with Crippen LogP contribution in [0, 0.1) is 12.3 Å². The van der Waals surface area contributed by atoms with Crippen molar-refractivity contribution in [2.75, 3.05) is 4.90 Å². The Bertz CT molecular complexity index is 946. The molecule has 6 heteroatoms. The highest BCUT2D eigenvalue weighted by Crippen LogP contribution is 2.43. The number of carbonyl (C=O) groups excluding carboxylic acids is 2. The third-order valence-electron chi connectivity index (χ3n) is 4.52. The van der Waals surface area contributed by atoms with E-state index in [0.29, 0.717) is 16.4 Å². The van der Waals surface area contributed by atoms with Gasteiger partial charge in [0.2, 0.25) is 0 Å². The lowest BCUT2D eigenvalue weighted by Crippen LogP contribution is -2.33. The zero-order valence-electron chi connectivity index (χ0n) is 15.7. The largest absolute Gasteiger partial charge is 0.503 e. The molecule has 0 bridgehead atoms. The second-order valence-electron chi connectivity index (χ2n) is 7.60. The van der Waals surface area contributed by atoms with Gasteiger partial charge in [-0.1, -0.05) is 38.4 Å². The molecule has 0 saturated carbocycles. The number of Topliss-reactive ketones (excluding diaryl/α,β-unsaturated/α-hetero) is 1. The van der Waals surface area contributed by atoms with Gasteiger partial charge in [0.05, 0.1) is 11.3 Å². The summed E-state index contributed by atoms with van der Waals surface area (Å²) in [5.41, 5.74) is 1.15. The number of hydrogen-bond donors (Lipinski definition) is 1. The number of aromatic nitrogens is 1.